The van der Waals surface area contributed by atoms with Crippen molar-refractivity contribution in [2.45, 2.75) is 24.6 Å². The summed E-state index contributed by atoms with van der Waals surface area (Å²) in [6.07, 6.45) is -4.02. The summed E-state index contributed by atoms with van der Waals surface area (Å²) in [5.41, 5.74) is -1.39. The van der Waals surface area contributed by atoms with Crippen LogP contribution < -0.4 is 10.8 Å². The number of hydrogen-bond acceptors (Lipinski definition) is 9. The Labute approximate surface area is 178 Å². The van der Waals surface area contributed by atoms with Crippen molar-refractivity contribution in [1.82, 2.24) is 20.1 Å². The molecule has 0 amide bonds. The molecule has 2 heterocycles. The minimum Gasteiger partial charge on any atom is -0.362 e. The SMILES string of the molecule is O=S(=O)(OC1(CNc2nonc2C(=Nc2ccc(F)c(C(F)(F)F)c2)NO)CC1)N1CC1. The average Bonchev–Trinajstić information content (AvgIpc) is 3.64. The second-order valence-electron chi connectivity index (χ2n) is 7.17. The van der Waals surface area contributed by atoms with Crippen LogP contribution in [0.1, 0.15) is 24.1 Å². The van der Waals surface area contributed by atoms with Crippen LogP contribution in [0.4, 0.5) is 29.1 Å². The predicted molar refractivity (Wildman–Crippen MR) is 98.9 cm³/mol. The number of benzene rings is 1. The van der Waals surface area contributed by atoms with Crippen LogP contribution in [-0.2, 0) is 20.7 Å². The summed E-state index contributed by atoms with van der Waals surface area (Å²) in [6, 6.07) is 2.01. The van der Waals surface area contributed by atoms with Gasteiger partial charge in [-0.2, -0.15) is 25.9 Å². The smallest absolute Gasteiger partial charge is 0.362 e. The van der Waals surface area contributed by atoms with Gasteiger partial charge in [-0.1, -0.05) is 0 Å². The van der Waals surface area contributed by atoms with Crippen LogP contribution >= 0.6 is 0 Å². The standard InChI is InChI=1S/C16H16F4N6O5S/c17-11-2-1-9(7-10(11)16(18,19)20)22-14(23-27)12-13(25-31-24-12)21-8-15(3-4-15)30-32(28,29)26-5-6-26/h1-2,7,27H,3-6,8H2,(H,21,25)(H,22,23). The molecule has 16 heteroatoms. The van der Waals surface area contributed by atoms with Gasteiger partial charge in [-0.3, -0.25) is 10.7 Å². The molecule has 2 fully saturated rings. The van der Waals surface area contributed by atoms with E-state index in [9.17, 15) is 31.2 Å². The maximum Gasteiger partial charge on any atom is 0.419 e. The molecule has 11 nitrogen and oxygen atoms in total. The van der Waals surface area contributed by atoms with Gasteiger partial charge in [-0.25, -0.2) is 18.2 Å². The summed E-state index contributed by atoms with van der Waals surface area (Å²) in [7, 11) is -3.83. The first kappa shape index (κ1) is 22.4. The molecule has 3 N–H and O–H groups in total. The summed E-state index contributed by atoms with van der Waals surface area (Å²) in [4.78, 5) is 3.80. The van der Waals surface area contributed by atoms with E-state index in [1.165, 1.54) is 0 Å². The molecule has 2 aliphatic rings. The fourth-order valence-corrected chi connectivity index (χ4v) is 4.04. The maximum absolute atomic E-state index is 13.5. The number of nitrogens with zero attached hydrogens (tertiary/aromatic N) is 4. The lowest BCUT2D eigenvalue weighted by Gasteiger charge is -2.16. The van der Waals surface area contributed by atoms with E-state index in [4.69, 9.17) is 4.18 Å². The third-order valence-electron chi connectivity index (χ3n) is 4.71. The van der Waals surface area contributed by atoms with Gasteiger partial charge >= 0.3 is 16.5 Å². The highest BCUT2D eigenvalue weighted by Gasteiger charge is 2.50. The number of halogens is 4. The number of amidine groups is 1. The summed E-state index contributed by atoms with van der Waals surface area (Å²) in [6.45, 7) is 0.782. The van der Waals surface area contributed by atoms with Gasteiger partial charge in [0.25, 0.3) is 0 Å². The highest BCUT2D eigenvalue weighted by molar-refractivity contribution is 7.84. The van der Waals surface area contributed by atoms with Gasteiger partial charge in [0.15, 0.2) is 11.5 Å². The molecule has 1 saturated heterocycles. The van der Waals surface area contributed by atoms with Crippen molar-refractivity contribution in [2.24, 2.45) is 4.99 Å². The van der Waals surface area contributed by atoms with Crippen LogP contribution in [0.2, 0.25) is 0 Å². The first-order chi connectivity index (χ1) is 15.0. The van der Waals surface area contributed by atoms with Crippen LogP contribution in [0.5, 0.6) is 0 Å². The molecule has 2 aromatic rings. The Morgan fingerprint density at radius 3 is 2.62 bits per heavy atom. The Balaban J connectivity index is 1.52. The lowest BCUT2D eigenvalue weighted by molar-refractivity contribution is -0.139. The Hall–Kier alpha value is -2.82. The maximum atomic E-state index is 13.5. The van der Waals surface area contributed by atoms with Gasteiger partial charge in [0.05, 0.1) is 11.3 Å². The molecule has 0 spiro atoms. The Morgan fingerprint density at radius 1 is 1.31 bits per heavy atom. The summed E-state index contributed by atoms with van der Waals surface area (Å²) in [5.74, 6) is -2.01. The number of alkyl halides is 3. The van der Waals surface area contributed by atoms with Crippen molar-refractivity contribution < 1.29 is 40.0 Å². The van der Waals surface area contributed by atoms with E-state index in [-0.39, 0.29) is 23.7 Å². The molecule has 174 valence electrons. The van der Waals surface area contributed by atoms with Crippen LogP contribution in [-0.4, -0.2) is 59.3 Å². The number of nitrogens with one attached hydrogen (secondary N) is 2. The van der Waals surface area contributed by atoms with E-state index >= 15 is 0 Å². The number of rotatable bonds is 8. The van der Waals surface area contributed by atoms with Crippen molar-refractivity contribution in [2.75, 3.05) is 25.0 Å². The number of aliphatic imine (C=N–C) groups is 1. The minimum atomic E-state index is -4.94. The second-order valence-corrected chi connectivity index (χ2v) is 8.71. The van der Waals surface area contributed by atoms with Gasteiger partial charge < -0.3 is 5.32 Å². The number of anilines is 1. The quantitative estimate of drug-likeness (QED) is 0.170. The highest BCUT2D eigenvalue weighted by Crippen LogP contribution is 2.42. The predicted octanol–water partition coefficient (Wildman–Crippen LogP) is 1.81. The molecule has 1 saturated carbocycles. The third-order valence-corrected chi connectivity index (χ3v) is 6.27. The lowest BCUT2D eigenvalue weighted by Crippen LogP contribution is -2.31. The van der Waals surface area contributed by atoms with E-state index in [0.717, 1.165) is 10.4 Å². The van der Waals surface area contributed by atoms with E-state index in [1.54, 1.807) is 5.48 Å². The zero-order valence-corrected chi connectivity index (χ0v) is 16.9. The van der Waals surface area contributed by atoms with Gasteiger partial charge in [0.1, 0.15) is 11.4 Å². The van der Waals surface area contributed by atoms with Crippen molar-refractivity contribution in [1.29, 1.82) is 0 Å². The van der Waals surface area contributed by atoms with Crippen LogP contribution in [0.3, 0.4) is 0 Å². The summed E-state index contributed by atoms with van der Waals surface area (Å²) >= 11 is 0. The molecule has 0 radical (unpaired) electrons. The number of hydrogen-bond donors (Lipinski definition) is 3. The molecule has 1 aliphatic carbocycles. The zero-order chi connectivity index (χ0) is 23.1. The second kappa shape index (κ2) is 7.95. The van der Waals surface area contributed by atoms with Gasteiger partial charge in [0, 0.05) is 19.6 Å². The van der Waals surface area contributed by atoms with Crippen molar-refractivity contribution >= 4 is 27.6 Å². The van der Waals surface area contributed by atoms with Crippen molar-refractivity contribution in [3.05, 3.63) is 35.3 Å². The first-order valence-corrected chi connectivity index (χ1v) is 10.5. The lowest BCUT2D eigenvalue weighted by atomic mass is 10.2. The highest BCUT2D eigenvalue weighted by atomic mass is 32.2. The average molecular weight is 480 g/mol. The largest absolute Gasteiger partial charge is 0.419 e. The summed E-state index contributed by atoms with van der Waals surface area (Å²) < 4.78 is 87.3. The van der Waals surface area contributed by atoms with Crippen molar-refractivity contribution in [3.63, 3.8) is 0 Å². The van der Waals surface area contributed by atoms with E-state index in [2.05, 4.69) is 25.3 Å². The van der Waals surface area contributed by atoms with Crippen molar-refractivity contribution in [3.8, 4) is 0 Å². The zero-order valence-electron chi connectivity index (χ0n) is 16.1. The first-order valence-electron chi connectivity index (χ1n) is 9.16. The Morgan fingerprint density at radius 2 is 2.03 bits per heavy atom. The van der Waals surface area contributed by atoms with Crippen LogP contribution in [0.15, 0.2) is 27.8 Å². The molecule has 4 rings (SSSR count). The number of hydroxylamine groups is 1. The molecule has 0 unspecified atom stereocenters. The molecule has 1 aromatic heterocycles. The molecular formula is C16H16F4N6O5S. The molecule has 32 heavy (non-hydrogen) atoms. The molecule has 0 atom stereocenters. The van der Waals surface area contributed by atoms with Gasteiger partial charge in [-0.05, 0) is 41.4 Å². The van der Waals surface area contributed by atoms with Gasteiger partial charge in [-0.15, -0.1) is 0 Å². The van der Waals surface area contributed by atoms with Crippen LogP contribution in [0, 0.1) is 5.82 Å². The summed E-state index contributed by atoms with van der Waals surface area (Å²) in [5, 5.41) is 19.3. The van der Waals surface area contributed by atoms with E-state index in [0.29, 0.717) is 38.1 Å². The minimum absolute atomic E-state index is 0.00520. The topological polar surface area (TPSA) is 142 Å². The van der Waals surface area contributed by atoms with E-state index in [1.807, 2.05) is 0 Å². The molecule has 1 aliphatic heterocycles. The molecular weight excluding hydrogens is 464 g/mol. The Bertz CT molecular complexity index is 1140. The fourth-order valence-electron chi connectivity index (χ4n) is 2.73. The third kappa shape index (κ3) is 4.82. The molecule has 0 bridgehead atoms. The molecule has 1 aromatic carbocycles. The monoisotopic (exact) mass is 480 g/mol. The number of aromatic nitrogens is 2. The van der Waals surface area contributed by atoms with E-state index < -0.39 is 39.3 Å². The Kier molecular flexibility index (Phi) is 5.56. The fraction of sp³-hybridized carbons (Fsp3) is 0.438. The normalized spacial score (nSPS) is 18.5. The van der Waals surface area contributed by atoms with Crippen LogP contribution in [0.25, 0.3) is 0 Å². The van der Waals surface area contributed by atoms with Gasteiger partial charge in [0.2, 0.25) is 5.82 Å².